The van der Waals surface area contributed by atoms with Crippen LogP contribution in [0.15, 0.2) is 6.07 Å². The fourth-order valence-corrected chi connectivity index (χ4v) is 4.39. The maximum absolute atomic E-state index is 12.5. The summed E-state index contributed by atoms with van der Waals surface area (Å²) < 4.78 is 5.57. The normalized spacial score (nSPS) is 18.4. The summed E-state index contributed by atoms with van der Waals surface area (Å²) in [5.41, 5.74) is 6.31. The number of benzene rings is 1. The van der Waals surface area contributed by atoms with E-state index < -0.39 is 5.60 Å². The predicted molar refractivity (Wildman–Crippen MR) is 109 cm³/mol. The van der Waals surface area contributed by atoms with Crippen molar-refractivity contribution in [2.45, 2.75) is 72.0 Å². The van der Waals surface area contributed by atoms with Crippen LogP contribution in [0.25, 0.3) is 0 Å². The molecular weight excluding hydrogens is 340 g/mol. The summed E-state index contributed by atoms with van der Waals surface area (Å²) in [6.45, 7) is 12.9. The lowest BCUT2D eigenvalue weighted by atomic mass is 9.89. The average molecular weight is 375 g/mol. The van der Waals surface area contributed by atoms with Crippen LogP contribution >= 0.6 is 0 Å². The summed E-state index contributed by atoms with van der Waals surface area (Å²) in [6, 6.07) is 2.35. The van der Waals surface area contributed by atoms with Crippen LogP contribution in [0, 0.1) is 6.92 Å². The molecule has 5 heteroatoms. The van der Waals surface area contributed by atoms with Crippen molar-refractivity contribution in [2.24, 2.45) is 0 Å². The van der Waals surface area contributed by atoms with Crippen molar-refractivity contribution in [3.8, 4) is 0 Å². The van der Waals surface area contributed by atoms with Crippen molar-refractivity contribution in [1.29, 1.82) is 0 Å². The highest BCUT2D eigenvalue weighted by atomic mass is 16.6. The van der Waals surface area contributed by atoms with Crippen molar-refractivity contribution in [3.05, 3.63) is 28.3 Å². The highest BCUT2D eigenvalue weighted by molar-refractivity contribution is 5.69. The molecule has 2 aliphatic heterocycles. The van der Waals surface area contributed by atoms with Gasteiger partial charge in [0.05, 0.1) is 6.10 Å². The number of aliphatic hydroxyl groups excluding tert-OH is 1. The minimum atomic E-state index is -0.466. The molecule has 2 aliphatic rings. The van der Waals surface area contributed by atoms with Gasteiger partial charge >= 0.3 is 6.09 Å². The Hall–Kier alpha value is -1.75. The first-order valence-electron chi connectivity index (χ1n) is 10.2. The Morgan fingerprint density at radius 1 is 1.19 bits per heavy atom. The third-order valence-electron chi connectivity index (χ3n) is 5.46. The molecule has 0 spiro atoms. The van der Waals surface area contributed by atoms with Gasteiger partial charge in [0.1, 0.15) is 5.60 Å². The number of hydrogen-bond donors (Lipinski definition) is 1. The van der Waals surface area contributed by atoms with Crippen LogP contribution in [-0.4, -0.2) is 54.0 Å². The van der Waals surface area contributed by atoms with Gasteiger partial charge in [-0.1, -0.05) is 6.07 Å². The van der Waals surface area contributed by atoms with E-state index in [1.54, 1.807) is 0 Å². The molecule has 2 heterocycles. The van der Waals surface area contributed by atoms with Gasteiger partial charge < -0.3 is 19.6 Å². The number of carbonyl (C=O) groups excluding carboxylic acids is 1. The lowest BCUT2D eigenvalue weighted by Gasteiger charge is -2.35. The van der Waals surface area contributed by atoms with Crippen molar-refractivity contribution in [2.75, 3.05) is 31.1 Å². The summed E-state index contributed by atoms with van der Waals surface area (Å²) in [5.74, 6) is 0. The molecule has 0 radical (unpaired) electrons. The second-order valence-corrected chi connectivity index (χ2v) is 9.01. The fraction of sp³-hybridized carbons (Fsp3) is 0.682. The number of rotatable bonds is 2. The molecule has 0 aromatic heterocycles. The van der Waals surface area contributed by atoms with Gasteiger partial charge in [-0.15, -0.1) is 0 Å². The molecule has 3 rings (SSSR count). The van der Waals surface area contributed by atoms with Crippen LogP contribution in [0.4, 0.5) is 10.5 Å². The van der Waals surface area contributed by atoms with Gasteiger partial charge in [-0.2, -0.15) is 0 Å². The Bertz CT molecular complexity index is 706. The summed E-state index contributed by atoms with van der Waals surface area (Å²) in [6.07, 6.45) is 3.40. The second-order valence-electron chi connectivity index (χ2n) is 9.01. The van der Waals surface area contributed by atoms with Gasteiger partial charge in [0.25, 0.3) is 0 Å². The van der Waals surface area contributed by atoms with Crippen LogP contribution in [0.2, 0.25) is 0 Å². The first-order chi connectivity index (χ1) is 12.7. The van der Waals surface area contributed by atoms with E-state index in [0.717, 1.165) is 32.2 Å². The van der Waals surface area contributed by atoms with Gasteiger partial charge in [-0.05, 0) is 82.6 Å². The molecule has 27 heavy (non-hydrogen) atoms. The zero-order valence-corrected chi connectivity index (χ0v) is 17.5. The number of ether oxygens (including phenoxy) is 1. The Labute approximate surface area is 163 Å². The van der Waals surface area contributed by atoms with E-state index in [1.807, 2.05) is 32.6 Å². The van der Waals surface area contributed by atoms with Gasteiger partial charge in [0.15, 0.2) is 0 Å². The summed E-state index contributed by atoms with van der Waals surface area (Å²) in [4.78, 5) is 16.7. The lowest BCUT2D eigenvalue weighted by Crippen LogP contribution is -2.38. The number of aryl methyl sites for hydroxylation is 1. The summed E-state index contributed by atoms with van der Waals surface area (Å²) in [7, 11) is 0. The fourth-order valence-electron chi connectivity index (χ4n) is 4.39. The zero-order chi connectivity index (χ0) is 19.8. The largest absolute Gasteiger partial charge is 0.444 e. The van der Waals surface area contributed by atoms with E-state index in [9.17, 15) is 9.90 Å². The molecule has 5 nitrogen and oxygen atoms in total. The molecule has 0 bridgehead atoms. The highest BCUT2D eigenvalue weighted by Crippen LogP contribution is 2.36. The second kappa shape index (κ2) is 7.70. The maximum atomic E-state index is 12.5. The van der Waals surface area contributed by atoms with Crippen LogP contribution in [0.5, 0.6) is 0 Å². The molecule has 1 amide bonds. The van der Waals surface area contributed by atoms with Gasteiger partial charge in [-0.3, -0.25) is 0 Å². The highest BCUT2D eigenvalue weighted by Gasteiger charge is 2.28. The van der Waals surface area contributed by atoms with E-state index in [0.29, 0.717) is 19.6 Å². The molecule has 150 valence electrons. The van der Waals surface area contributed by atoms with Gasteiger partial charge in [0.2, 0.25) is 0 Å². The number of hydrogen-bond acceptors (Lipinski definition) is 4. The average Bonchev–Trinajstić information content (AvgIpc) is 2.76. The van der Waals surface area contributed by atoms with Crippen LogP contribution < -0.4 is 4.90 Å². The minimum Gasteiger partial charge on any atom is -0.444 e. The number of amides is 1. The summed E-state index contributed by atoms with van der Waals surface area (Å²) >= 11 is 0. The molecule has 0 saturated heterocycles. The number of β-amino-alcohol motifs (C(OH)–C–C–N with tert-alkyl or cyclic N) is 1. The predicted octanol–water partition coefficient (Wildman–Crippen LogP) is 3.46. The molecule has 1 atom stereocenters. The molecular formula is C22H34N2O3. The van der Waals surface area contributed by atoms with Gasteiger partial charge in [0, 0.05) is 31.9 Å². The number of fused-ring (bicyclic) bond motifs is 2. The minimum absolute atomic E-state index is 0.214. The summed E-state index contributed by atoms with van der Waals surface area (Å²) in [5, 5.41) is 9.89. The van der Waals surface area contributed by atoms with Crippen LogP contribution in [-0.2, 0) is 24.0 Å². The first-order valence-corrected chi connectivity index (χ1v) is 10.2. The molecule has 0 unspecified atom stereocenters. The standard InChI is InChI=1S/C22H34N2O3/c1-15(25)14-24-10-6-7-18-13-17-8-11-23(21(26)27-22(3,4)5)12-9-19(17)16(2)20(18)24/h13,15,25H,6-12,14H2,1-5H3/t15-/m0/s1. The van der Waals surface area contributed by atoms with Crippen molar-refractivity contribution in [1.82, 2.24) is 4.90 Å². The van der Waals surface area contributed by atoms with Crippen molar-refractivity contribution < 1.29 is 14.6 Å². The molecule has 0 fully saturated rings. The molecule has 0 aliphatic carbocycles. The Kier molecular flexibility index (Phi) is 5.71. The topological polar surface area (TPSA) is 53.0 Å². The third kappa shape index (κ3) is 4.57. The van der Waals surface area contributed by atoms with Crippen molar-refractivity contribution in [3.63, 3.8) is 0 Å². The van der Waals surface area contributed by atoms with E-state index in [2.05, 4.69) is 17.9 Å². The zero-order valence-electron chi connectivity index (χ0n) is 17.5. The number of nitrogens with zero attached hydrogens (tertiary/aromatic N) is 2. The van der Waals surface area contributed by atoms with Crippen LogP contribution in [0.3, 0.4) is 0 Å². The lowest BCUT2D eigenvalue weighted by molar-refractivity contribution is 0.0258. The van der Waals surface area contributed by atoms with E-state index in [1.165, 1.54) is 27.9 Å². The first kappa shape index (κ1) is 20.0. The molecule has 1 N–H and O–H groups in total. The van der Waals surface area contributed by atoms with Gasteiger partial charge in [-0.25, -0.2) is 4.79 Å². The van der Waals surface area contributed by atoms with E-state index >= 15 is 0 Å². The van der Waals surface area contributed by atoms with E-state index in [-0.39, 0.29) is 12.2 Å². The number of aliphatic hydroxyl groups is 1. The Balaban J connectivity index is 1.85. The third-order valence-corrected chi connectivity index (χ3v) is 5.46. The number of carbonyl (C=O) groups is 1. The number of anilines is 1. The Morgan fingerprint density at radius 3 is 2.56 bits per heavy atom. The Morgan fingerprint density at radius 2 is 1.89 bits per heavy atom. The molecule has 1 aromatic rings. The monoisotopic (exact) mass is 374 g/mol. The van der Waals surface area contributed by atoms with E-state index in [4.69, 9.17) is 4.74 Å². The molecule has 1 aromatic carbocycles. The smallest absolute Gasteiger partial charge is 0.410 e. The van der Waals surface area contributed by atoms with Crippen LogP contribution in [0.1, 0.15) is 56.4 Å². The molecule has 0 saturated carbocycles. The quantitative estimate of drug-likeness (QED) is 0.861. The van der Waals surface area contributed by atoms with Crippen molar-refractivity contribution >= 4 is 11.8 Å². The SMILES string of the molecule is Cc1c2c(cc3c1N(C[C@H](C)O)CCC3)CCN(C(=O)OC(C)(C)C)CC2. The maximum Gasteiger partial charge on any atom is 0.410 e.